The predicted molar refractivity (Wildman–Crippen MR) is 62.1 cm³/mol. The molecule has 1 saturated heterocycles. The first-order valence-corrected chi connectivity index (χ1v) is 5.19. The number of halogens is 1. The van der Waals surface area contributed by atoms with Gasteiger partial charge in [0.25, 0.3) is 0 Å². The second-order valence-electron chi connectivity index (χ2n) is 3.92. The minimum Gasteiger partial charge on any atom is -0.381 e. The number of hydrogen-bond acceptors (Lipinski definition) is 3. The van der Waals surface area contributed by atoms with E-state index in [0.717, 1.165) is 19.4 Å². The Balaban J connectivity index is 0.00000196. The Morgan fingerprint density at radius 1 is 1.47 bits per heavy atom. The van der Waals surface area contributed by atoms with Crippen LogP contribution in [0.4, 0.5) is 0 Å². The van der Waals surface area contributed by atoms with Crippen LogP contribution in [0, 0.1) is 5.41 Å². The average molecular weight is 237 g/mol. The third-order valence-electron chi connectivity index (χ3n) is 3.12. The zero-order valence-corrected chi connectivity index (χ0v) is 10.3. The fraction of sp³-hybridized carbons (Fsp3) is 0.900. The number of nitrogens with two attached hydrogens (primary N) is 1. The van der Waals surface area contributed by atoms with E-state index in [1.807, 2.05) is 14.0 Å². The summed E-state index contributed by atoms with van der Waals surface area (Å²) in [6, 6.07) is 0. The number of nitrogens with zero attached hydrogens (tertiary/aromatic N) is 1. The van der Waals surface area contributed by atoms with Crippen LogP contribution in [0.3, 0.4) is 0 Å². The van der Waals surface area contributed by atoms with Crippen molar-refractivity contribution < 1.29 is 9.53 Å². The summed E-state index contributed by atoms with van der Waals surface area (Å²) in [6.45, 7) is 4.45. The summed E-state index contributed by atoms with van der Waals surface area (Å²) in [4.78, 5) is 13.8. The Bertz CT molecular complexity index is 206. The van der Waals surface area contributed by atoms with Crippen LogP contribution in [0.5, 0.6) is 0 Å². The van der Waals surface area contributed by atoms with Crippen molar-refractivity contribution in [3.63, 3.8) is 0 Å². The van der Waals surface area contributed by atoms with Gasteiger partial charge in [0.15, 0.2) is 0 Å². The van der Waals surface area contributed by atoms with Crippen LogP contribution >= 0.6 is 12.4 Å². The van der Waals surface area contributed by atoms with Crippen LogP contribution < -0.4 is 5.73 Å². The molecule has 5 heteroatoms. The molecule has 0 aromatic rings. The van der Waals surface area contributed by atoms with Gasteiger partial charge in [-0.25, -0.2) is 0 Å². The molecular weight excluding hydrogens is 216 g/mol. The van der Waals surface area contributed by atoms with E-state index in [2.05, 4.69) is 0 Å². The number of rotatable bonds is 3. The predicted octanol–water partition coefficient (Wildman–Crippen LogP) is 0.642. The van der Waals surface area contributed by atoms with E-state index in [4.69, 9.17) is 10.5 Å². The Morgan fingerprint density at radius 3 is 2.40 bits per heavy atom. The van der Waals surface area contributed by atoms with E-state index in [9.17, 15) is 4.79 Å². The molecule has 1 fully saturated rings. The first kappa shape index (κ1) is 14.7. The van der Waals surface area contributed by atoms with Crippen molar-refractivity contribution in [3.05, 3.63) is 0 Å². The molecule has 0 atom stereocenters. The number of carbonyl (C=O) groups is 1. The van der Waals surface area contributed by atoms with Gasteiger partial charge >= 0.3 is 0 Å². The van der Waals surface area contributed by atoms with Gasteiger partial charge in [-0.15, -0.1) is 12.4 Å². The first-order chi connectivity index (χ1) is 6.66. The number of ether oxygens (including phenoxy) is 1. The van der Waals surface area contributed by atoms with E-state index in [0.29, 0.717) is 19.8 Å². The van der Waals surface area contributed by atoms with Crippen molar-refractivity contribution in [2.75, 3.05) is 33.4 Å². The molecule has 0 aliphatic carbocycles. The standard InChI is InChI=1S/C10H20N2O2.ClH/c1-3-12(2)9(13)10(8-11)4-6-14-7-5-10;/h3-8,11H2,1-2H3;1H. The van der Waals surface area contributed by atoms with E-state index in [1.165, 1.54) is 0 Å². The number of amides is 1. The lowest BCUT2D eigenvalue weighted by Crippen LogP contribution is -2.49. The van der Waals surface area contributed by atoms with Crippen molar-refractivity contribution in [1.82, 2.24) is 4.90 Å². The largest absolute Gasteiger partial charge is 0.381 e. The number of hydrogen-bond donors (Lipinski definition) is 1. The molecule has 1 heterocycles. The highest BCUT2D eigenvalue weighted by Crippen LogP contribution is 2.31. The van der Waals surface area contributed by atoms with Crippen LogP contribution in [0.15, 0.2) is 0 Å². The number of carbonyl (C=O) groups excluding carboxylic acids is 1. The summed E-state index contributed by atoms with van der Waals surface area (Å²) < 4.78 is 5.26. The lowest BCUT2D eigenvalue weighted by molar-refractivity contribution is -0.145. The molecule has 90 valence electrons. The van der Waals surface area contributed by atoms with Crippen molar-refractivity contribution in [3.8, 4) is 0 Å². The van der Waals surface area contributed by atoms with Gasteiger partial charge in [0.2, 0.25) is 5.91 Å². The molecule has 0 unspecified atom stereocenters. The van der Waals surface area contributed by atoms with Crippen LogP contribution in [-0.4, -0.2) is 44.2 Å². The van der Waals surface area contributed by atoms with Crippen LogP contribution in [-0.2, 0) is 9.53 Å². The SMILES string of the molecule is CCN(C)C(=O)C1(CN)CCOCC1.Cl. The van der Waals surface area contributed by atoms with E-state index >= 15 is 0 Å². The molecule has 2 N–H and O–H groups in total. The van der Waals surface area contributed by atoms with Gasteiger partial charge in [-0.05, 0) is 19.8 Å². The average Bonchev–Trinajstić information content (AvgIpc) is 2.28. The minimum atomic E-state index is -0.358. The molecule has 0 aromatic carbocycles. The lowest BCUT2D eigenvalue weighted by atomic mass is 9.79. The van der Waals surface area contributed by atoms with Gasteiger partial charge in [0.05, 0.1) is 5.41 Å². The molecule has 1 rings (SSSR count). The van der Waals surface area contributed by atoms with Crippen molar-refractivity contribution >= 4 is 18.3 Å². The van der Waals surface area contributed by atoms with Crippen LogP contribution in [0.2, 0.25) is 0 Å². The maximum Gasteiger partial charge on any atom is 0.229 e. The molecular formula is C10H21ClN2O2. The van der Waals surface area contributed by atoms with Gasteiger partial charge in [0.1, 0.15) is 0 Å². The highest BCUT2D eigenvalue weighted by molar-refractivity contribution is 5.85. The third-order valence-corrected chi connectivity index (χ3v) is 3.12. The minimum absolute atomic E-state index is 0. The monoisotopic (exact) mass is 236 g/mol. The summed E-state index contributed by atoms with van der Waals surface area (Å²) in [7, 11) is 1.83. The lowest BCUT2D eigenvalue weighted by Gasteiger charge is -2.37. The molecule has 4 nitrogen and oxygen atoms in total. The molecule has 1 amide bonds. The Morgan fingerprint density at radius 2 is 2.00 bits per heavy atom. The van der Waals surface area contributed by atoms with Gasteiger partial charge < -0.3 is 15.4 Å². The molecule has 0 bridgehead atoms. The highest BCUT2D eigenvalue weighted by Gasteiger charge is 2.40. The molecule has 1 aliphatic rings. The summed E-state index contributed by atoms with van der Waals surface area (Å²) in [5, 5.41) is 0. The fourth-order valence-corrected chi connectivity index (χ4v) is 1.82. The Kier molecular flexibility index (Phi) is 6.17. The zero-order valence-electron chi connectivity index (χ0n) is 9.49. The smallest absolute Gasteiger partial charge is 0.229 e. The Labute approximate surface area is 97.5 Å². The van der Waals surface area contributed by atoms with Crippen molar-refractivity contribution in [2.24, 2.45) is 11.1 Å². The third kappa shape index (κ3) is 3.06. The maximum absolute atomic E-state index is 12.1. The molecule has 0 saturated carbocycles. The molecule has 1 aliphatic heterocycles. The van der Waals surface area contributed by atoms with E-state index in [1.54, 1.807) is 4.90 Å². The van der Waals surface area contributed by atoms with Gasteiger partial charge in [-0.1, -0.05) is 0 Å². The molecule has 0 radical (unpaired) electrons. The summed E-state index contributed by atoms with van der Waals surface area (Å²) >= 11 is 0. The van der Waals surface area contributed by atoms with E-state index < -0.39 is 0 Å². The Hall–Kier alpha value is -0.320. The highest BCUT2D eigenvalue weighted by atomic mass is 35.5. The molecule has 0 spiro atoms. The van der Waals surface area contributed by atoms with Crippen LogP contribution in [0.1, 0.15) is 19.8 Å². The van der Waals surface area contributed by atoms with Gasteiger partial charge in [-0.2, -0.15) is 0 Å². The second kappa shape index (κ2) is 6.30. The quantitative estimate of drug-likeness (QED) is 0.783. The van der Waals surface area contributed by atoms with Crippen molar-refractivity contribution in [2.45, 2.75) is 19.8 Å². The molecule has 15 heavy (non-hydrogen) atoms. The molecule has 0 aromatic heterocycles. The van der Waals surface area contributed by atoms with E-state index in [-0.39, 0.29) is 23.7 Å². The van der Waals surface area contributed by atoms with Crippen molar-refractivity contribution in [1.29, 1.82) is 0 Å². The summed E-state index contributed by atoms with van der Waals surface area (Å²) in [6.07, 6.45) is 1.51. The second-order valence-corrected chi connectivity index (χ2v) is 3.92. The van der Waals surface area contributed by atoms with Gasteiger partial charge in [0, 0.05) is 33.4 Å². The fourth-order valence-electron chi connectivity index (χ4n) is 1.82. The topological polar surface area (TPSA) is 55.6 Å². The summed E-state index contributed by atoms with van der Waals surface area (Å²) in [5.74, 6) is 0.172. The zero-order chi connectivity index (χ0) is 10.6. The first-order valence-electron chi connectivity index (χ1n) is 5.19. The van der Waals surface area contributed by atoms with Crippen LogP contribution in [0.25, 0.3) is 0 Å². The normalized spacial score (nSPS) is 19.1. The maximum atomic E-state index is 12.1. The summed E-state index contributed by atoms with van der Waals surface area (Å²) in [5.41, 5.74) is 5.37. The van der Waals surface area contributed by atoms with Gasteiger partial charge in [-0.3, -0.25) is 4.79 Å².